The highest BCUT2D eigenvalue weighted by Crippen LogP contribution is 2.45. The van der Waals surface area contributed by atoms with E-state index in [1.54, 1.807) is 18.2 Å². The van der Waals surface area contributed by atoms with Gasteiger partial charge in [-0.1, -0.05) is 41.9 Å². The van der Waals surface area contributed by atoms with Crippen molar-refractivity contribution in [2.75, 3.05) is 4.90 Å². The lowest BCUT2D eigenvalue weighted by Crippen LogP contribution is -3.12. The molecule has 0 aromatic heterocycles. The molecule has 1 unspecified atom stereocenters. The Morgan fingerprint density at radius 3 is 2.55 bits per heavy atom. The summed E-state index contributed by atoms with van der Waals surface area (Å²) < 4.78 is 0. The van der Waals surface area contributed by atoms with E-state index in [0.717, 1.165) is 21.6 Å². The summed E-state index contributed by atoms with van der Waals surface area (Å²) in [4.78, 5) is 41.9. The van der Waals surface area contributed by atoms with E-state index in [4.69, 9.17) is 11.6 Å². The van der Waals surface area contributed by atoms with Crippen LogP contribution >= 0.6 is 11.6 Å². The smallest absolute Gasteiger partial charge is 0.244 e. The summed E-state index contributed by atoms with van der Waals surface area (Å²) in [5.74, 6) is -1.88. The van der Waals surface area contributed by atoms with Crippen molar-refractivity contribution in [3.05, 3.63) is 70.4 Å². The Labute approximate surface area is 173 Å². The molecule has 0 saturated carbocycles. The second-order valence-electron chi connectivity index (χ2n) is 8.02. The van der Waals surface area contributed by atoms with E-state index in [-0.39, 0.29) is 23.6 Å². The first-order valence-corrected chi connectivity index (χ1v) is 10.1. The predicted octanol–water partition coefficient (Wildman–Crippen LogP) is 2.34. The Kier molecular flexibility index (Phi) is 4.02. The fraction of sp³-hybridized carbons (Fsp3) is 0.261. The number of carbonyl (C=O) groups is 3. The number of Topliss-reactive ketones (excluding diaryl/α,β-unsaturated/α-hetero) is 1. The summed E-state index contributed by atoms with van der Waals surface area (Å²) in [5.41, 5.74) is 3.34. The maximum absolute atomic E-state index is 13.6. The molecular weight excluding hydrogens is 388 g/mol. The summed E-state index contributed by atoms with van der Waals surface area (Å²) in [6, 6.07) is 12.2. The number of anilines is 1. The van der Waals surface area contributed by atoms with E-state index in [1.165, 1.54) is 11.8 Å². The van der Waals surface area contributed by atoms with Gasteiger partial charge in [-0.25, -0.2) is 4.90 Å². The number of imide groups is 1. The van der Waals surface area contributed by atoms with Gasteiger partial charge in [0.15, 0.2) is 11.8 Å². The Morgan fingerprint density at radius 2 is 1.79 bits per heavy atom. The van der Waals surface area contributed by atoms with Crippen molar-refractivity contribution >= 4 is 41.0 Å². The van der Waals surface area contributed by atoms with Gasteiger partial charge in [-0.2, -0.15) is 0 Å². The molecule has 2 amide bonds. The number of hydrogen-bond donors (Lipinski definition) is 1. The molecule has 29 heavy (non-hydrogen) atoms. The number of nitrogens with one attached hydrogen (secondary N) is 1. The van der Waals surface area contributed by atoms with Crippen LogP contribution in [0.2, 0.25) is 5.02 Å². The maximum atomic E-state index is 13.6. The van der Waals surface area contributed by atoms with Crippen molar-refractivity contribution in [3.8, 4) is 0 Å². The number of aryl methyl sites for hydroxylation is 1. The minimum atomic E-state index is -0.672. The molecular formula is C23H20ClN2O3+. The number of fused-ring (bicyclic) bond motifs is 5. The van der Waals surface area contributed by atoms with E-state index in [1.807, 2.05) is 43.5 Å². The first-order valence-electron chi connectivity index (χ1n) is 9.68. The molecule has 5 atom stereocenters. The van der Waals surface area contributed by atoms with Crippen LogP contribution in [-0.4, -0.2) is 23.6 Å². The van der Waals surface area contributed by atoms with E-state index in [9.17, 15) is 14.4 Å². The van der Waals surface area contributed by atoms with Crippen LogP contribution in [0.1, 0.15) is 29.7 Å². The molecule has 2 fully saturated rings. The molecule has 6 heteroatoms. The lowest BCUT2D eigenvalue weighted by atomic mass is 9.84. The molecule has 2 saturated heterocycles. The highest BCUT2D eigenvalue weighted by atomic mass is 35.5. The van der Waals surface area contributed by atoms with E-state index >= 15 is 0 Å². The topological polar surface area (TPSA) is 58.9 Å². The molecule has 5 nitrogen and oxygen atoms in total. The third-order valence-corrected chi connectivity index (χ3v) is 6.71. The number of ketones is 1. The van der Waals surface area contributed by atoms with Crippen LogP contribution in [0.25, 0.3) is 6.08 Å². The van der Waals surface area contributed by atoms with Gasteiger partial charge in [0.2, 0.25) is 11.8 Å². The maximum Gasteiger partial charge on any atom is 0.244 e. The lowest BCUT2D eigenvalue weighted by Gasteiger charge is -2.30. The van der Waals surface area contributed by atoms with Crippen molar-refractivity contribution in [2.24, 2.45) is 11.8 Å². The van der Waals surface area contributed by atoms with Gasteiger partial charge < -0.3 is 0 Å². The average molecular weight is 408 g/mol. The van der Waals surface area contributed by atoms with Crippen LogP contribution in [0.3, 0.4) is 0 Å². The predicted molar refractivity (Wildman–Crippen MR) is 109 cm³/mol. The molecule has 0 radical (unpaired) electrons. The lowest BCUT2D eigenvalue weighted by molar-refractivity contribution is -0.884. The number of amides is 2. The molecule has 146 valence electrons. The molecule has 2 aromatic rings. The molecule has 3 aliphatic heterocycles. The summed E-state index contributed by atoms with van der Waals surface area (Å²) >= 11 is 6.15. The Bertz CT molecular complexity index is 1110. The molecule has 3 aliphatic rings. The van der Waals surface area contributed by atoms with Crippen LogP contribution in [0.15, 0.2) is 48.7 Å². The Balaban J connectivity index is 1.67. The molecule has 3 heterocycles. The highest BCUT2D eigenvalue weighted by Gasteiger charge is 2.67. The number of halogens is 1. The van der Waals surface area contributed by atoms with Gasteiger partial charge in [-0.3, -0.25) is 19.3 Å². The molecule has 5 rings (SSSR count). The van der Waals surface area contributed by atoms with Gasteiger partial charge in [0.1, 0.15) is 17.9 Å². The fourth-order valence-corrected chi connectivity index (χ4v) is 5.45. The van der Waals surface area contributed by atoms with Crippen LogP contribution in [0.5, 0.6) is 0 Å². The van der Waals surface area contributed by atoms with Crippen molar-refractivity contribution in [1.82, 2.24) is 0 Å². The first-order chi connectivity index (χ1) is 13.9. The Morgan fingerprint density at radius 1 is 1.07 bits per heavy atom. The van der Waals surface area contributed by atoms with Gasteiger partial charge in [-0.05, 0) is 36.3 Å². The number of carbonyl (C=O) groups excluding carboxylic acids is 3. The van der Waals surface area contributed by atoms with Gasteiger partial charge in [0, 0.05) is 17.5 Å². The van der Waals surface area contributed by atoms with Crippen molar-refractivity contribution in [2.45, 2.75) is 25.9 Å². The van der Waals surface area contributed by atoms with Crippen LogP contribution in [-0.2, 0) is 14.4 Å². The minimum Gasteiger partial charge on any atom is -0.293 e. The number of quaternary nitrogens is 1. The second-order valence-corrected chi connectivity index (χ2v) is 8.46. The number of hydrogen-bond acceptors (Lipinski definition) is 3. The summed E-state index contributed by atoms with van der Waals surface area (Å²) in [7, 11) is 0. The fourth-order valence-electron chi connectivity index (χ4n) is 5.28. The van der Waals surface area contributed by atoms with Crippen LogP contribution in [0.4, 0.5) is 5.69 Å². The zero-order chi connectivity index (χ0) is 20.4. The second kappa shape index (κ2) is 6.37. The molecule has 2 aromatic carbocycles. The largest absolute Gasteiger partial charge is 0.293 e. The van der Waals surface area contributed by atoms with Gasteiger partial charge in [-0.15, -0.1) is 0 Å². The SMILES string of the molecule is CC(=O)[C@H]1[C@H]2C(=O)N(c3cc(Cl)ccc3C)C(=O)[C@H]2[C@@H]2c3ccccc3C=C[NH+]12. The van der Waals surface area contributed by atoms with E-state index in [2.05, 4.69) is 0 Å². The summed E-state index contributed by atoms with van der Waals surface area (Å²) in [6.07, 6.45) is 3.92. The van der Waals surface area contributed by atoms with Crippen LogP contribution in [0, 0.1) is 18.8 Å². The molecule has 1 N–H and O–H groups in total. The molecule has 0 bridgehead atoms. The number of rotatable bonds is 2. The number of benzene rings is 2. The zero-order valence-corrected chi connectivity index (χ0v) is 16.8. The van der Waals surface area contributed by atoms with Crippen molar-refractivity contribution in [3.63, 3.8) is 0 Å². The quantitative estimate of drug-likeness (QED) is 0.777. The van der Waals surface area contributed by atoms with Crippen molar-refractivity contribution in [1.29, 1.82) is 0 Å². The van der Waals surface area contributed by atoms with Gasteiger partial charge in [0.25, 0.3) is 0 Å². The van der Waals surface area contributed by atoms with E-state index in [0.29, 0.717) is 10.7 Å². The minimum absolute atomic E-state index is 0.0765. The highest BCUT2D eigenvalue weighted by molar-refractivity contribution is 6.31. The van der Waals surface area contributed by atoms with Crippen LogP contribution < -0.4 is 9.80 Å². The molecule has 0 aliphatic carbocycles. The Hall–Kier alpha value is -2.76. The summed E-state index contributed by atoms with van der Waals surface area (Å²) in [6.45, 7) is 3.36. The summed E-state index contributed by atoms with van der Waals surface area (Å²) in [5, 5.41) is 0.463. The third-order valence-electron chi connectivity index (χ3n) is 6.47. The monoisotopic (exact) mass is 407 g/mol. The van der Waals surface area contributed by atoms with E-state index < -0.39 is 17.9 Å². The zero-order valence-electron chi connectivity index (χ0n) is 16.1. The first kappa shape index (κ1) is 18.3. The normalized spacial score (nSPS) is 29.6. The van der Waals surface area contributed by atoms with Gasteiger partial charge in [0.05, 0.1) is 11.9 Å². The molecule has 0 spiro atoms. The number of nitrogens with zero attached hydrogens (tertiary/aromatic N) is 1. The third kappa shape index (κ3) is 2.47. The van der Waals surface area contributed by atoms with Gasteiger partial charge >= 0.3 is 0 Å². The average Bonchev–Trinajstić information content (AvgIpc) is 3.17. The standard InChI is InChI=1S/C23H19ClN2O3/c1-12-7-8-15(24)11-17(12)26-22(28)18-19(23(26)29)21-16-6-4-3-5-14(16)9-10-25(21)20(18)13(2)27/h3-11,18-21H,1-2H3/p+1/t18-,19+,20-,21-/m0/s1. The van der Waals surface area contributed by atoms with Crippen molar-refractivity contribution < 1.29 is 19.3 Å².